The summed E-state index contributed by atoms with van der Waals surface area (Å²) in [5.74, 6) is 0.536. The van der Waals surface area contributed by atoms with Crippen molar-refractivity contribution in [3.05, 3.63) is 33.8 Å². The fourth-order valence-corrected chi connectivity index (χ4v) is 3.79. The van der Waals surface area contributed by atoms with Crippen LogP contribution in [0.3, 0.4) is 0 Å². The van der Waals surface area contributed by atoms with Crippen LogP contribution in [0.4, 0.5) is 0 Å². The van der Waals surface area contributed by atoms with Crippen LogP contribution in [0.25, 0.3) is 0 Å². The topological polar surface area (TPSA) is 41.1 Å². The summed E-state index contributed by atoms with van der Waals surface area (Å²) in [4.78, 5) is 12.1. The van der Waals surface area contributed by atoms with Gasteiger partial charge in [0.15, 0.2) is 0 Å². The van der Waals surface area contributed by atoms with E-state index >= 15 is 0 Å². The number of benzene rings is 1. The smallest absolute Gasteiger partial charge is 0.251 e. The van der Waals surface area contributed by atoms with E-state index in [1.165, 1.54) is 19.3 Å². The summed E-state index contributed by atoms with van der Waals surface area (Å²) in [6, 6.07) is 4.93. The summed E-state index contributed by atoms with van der Waals surface area (Å²) < 4.78 is 0. The van der Waals surface area contributed by atoms with Gasteiger partial charge in [-0.25, -0.2) is 0 Å². The molecule has 1 spiro atoms. The number of carbonyl (C=O) groups excluding carboxylic acids is 1. The molecule has 1 aromatic carbocycles. The van der Waals surface area contributed by atoms with Gasteiger partial charge in [-0.3, -0.25) is 4.79 Å². The van der Waals surface area contributed by atoms with Crippen molar-refractivity contribution in [1.29, 1.82) is 0 Å². The van der Waals surface area contributed by atoms with Crippen molar-refractivity contribution >= 4 is 29.1 Å². The Bertz CT molecular complexity index is 506. The molecule has 0 bridgehead atoms. The highest BCUT2D eigenvalue weighted by molar-refractivity contribution is 6.35. The van der Waals surface area contributed by atoms with Gasteiger partial charge < -0.3 is 10.6 Å². The van der Waals surface area contributed by atoms with Crippen molar-refractivity contribution in [2.24, 2.45) is 11.3 Å². The third-order valence-corrected chi connectivity index (χ3v) is 5.03. The van der Waals surface area contributed by atoms with Gasteiger partial charge in [0.25, 0.3) is 5.91 Å². The molecule has 1 amide bonds. The zero-order valence-corrected chi connectivity index (χ0v) is 12.7. The Morgan fingerprint density at radius 3 is 2.55 bits per heavy atom. The number of rotatable bonds is 3. The fraction of sp³-hybridized carbons (Fsp3) is 0.533. The van der Waals surface area contributed by atoms with Gasteiger partial charge in [0, 0.05) is 22.2 Å². The maximum absolute atomic E-state index is 12.1. The molecule has 3 nitrogen and oxygen atoms in total. The zero-order valence-electron chi connectivity index (χ0n) is 11.2. The molecule has 1 aromatic rings. The van der Waals surface area contributed by atoms with E-state index in [0.717, 1.165) is 19.6 Å². The number of hydrogen-bond donors (Lipinski definition) is 2. The molecule has 1 aliphatic carbocycles. The van der Waals surface area contributed by atoms with Crippen LogP contribution in [0.1, 0.15) is 29.6 Å². The second-order valence-corrected chi connectivity index (χ2v) is 6.75. The molecule has 1 saturated heterocycles. The first-order chi connectivity index (χ1) is 9.59. The Morgan fingerprint density at radius 2 is 1.90 bits per heavy atom. The minimum absolute atomic E-state index is 0.0922. The molecule has 1 saturated carbocycles. The molecule has 2 aliphatic rings. The number of nitrogens with one attached hydrogen (secondary N) is 2. The lowest BCUT2D eigenvalue weighted by molar-refractivity contribution is 0.0949. The SMILES string of the molecule is O=C(NCC1CC12CCNCC2)c1cc(Cl)cc(Cl)c1. The summed E-state index contributed by atoms with van der Waals surface area (Å²) in [6.07, 6.45) is 3.71. The van der Waals surface area contributed by atoms with Crippen LogP contribution >= 0.6 is 23.2 Å². The third-order valence-electron chi connectivity index (χ3n) is 4.59. The van der Waals surface area contributed by atoms with E-state index in [-0.39, 0.29) is 5.91 Å². The molecule has 20 heavy (non-hydrogen) atoms. The predicted molar refractivity (Wildman–Crippen MR) is 81.4 cm³/mol. The van der Waals surface area contributed by atoms with Gasteiger partial charge in [-0.2, -0.15) is 0 Å². The molecular formula is C15H18Cl2N2O. The molecule has 3 rings (SSSR count). The number of hydrogen-bond acceptors (Lipinski definition) is 2. The average molecular weight is 313 g/mol. The van der Waals surface area contributed by atoms with E-state index in [2.05, 4.69) is 10.6 Å². The van der Waals surface area contributed by atoms with Crippen molar-refractivity contribution < 1.29 is 4.79 Å². The number of halogens is 2. The van der Waals surface area contributed by atoms with Gasteiger partial charge in [-0.05, 0) is 61.9 Å². The van der Waals surface area contributed by atoms with Gasteiger partial charge >= 0.3 is 0 Å². The first-order valence-corrected chi connectivity index (χ1v) is 7.80. The monoisotopic (exact) mass is 312 g/mol. The predicted octanol–water partition coefficient (Wildman–Crippen LogP) is 3.11. The highest BCUT2D eigenvalue weighted by Gasteiger charge is 2.53. The second kappa shape index (κ2) is 5.55. The van der Waals surface area contributed by atoms with Gasteiger partial charge in [0.1, 0.15) is 0 Å². The summed E-state index contributed by atoms with van der Waals surface area (Å²) in [5.41, 5.74) is 1.02. The first-order valence-electron chi connectivity index (χ1n) is 7.04. The maximum Gasteiger partial charge on any atom is 0.251 e. The molecule has 108 valence electrons. The lowest BCUT2D eigenvalue weighted by Gasteiger charge is -2.23. The van der Waals surface area contributed by atoms with E-state index in [4.69, 9.17) is 23.2 Å². The van der Waals surface area contributed by atoms with E-state index in [1.807, 2.05) is 0 Å². The molecule has 1 heterocycles. The minimum Gasteiger partial charge on any atom is -0.352 e. The zero-order chi connectivity index (χ0) is 14.2. The highest BCUT2D eigenvalue weighted by Crippen LogP contribution is 2.58. The Labute approximate surface area is 129 Å². The molecule has 2 N–H and O–H groups in total. The lowest BCUT2D eigenvalue weighted by Crippen LogP contribution is -2.32. The van der Waals surface area contributed by atoms with Crippen molar-refractivity contribution in [2.45, 2.75) is 19.3 Å². The molecule has 1 aliphatic heterocycles. The molecular weight excluding hydrogens is 295 g/mol. The lowest BCUT2D eigenvalue weighted by atomic mass is 9.92. The quantitative estimate of drug-likeness (QED) is 0.900. The number of carbonyl (C=O) groups is 1. The molecule has 1 unspecified atom stereocenters. The summed E-state index contributed by atoms with van der Waals surface area (Å²) in [7, 11) is 0. The third kappa shape index (κ3) is 2.95. The Kier molecular flexibility index (Phi) is 3.93. The highest BCUT2D eigenvalue weighted by atomic mass is 35.5. The van der Waals surface area contributed by atoms with E-state index in [9.17, 15) is 4.79 Å². The van der Waals surface area contributed by atoms with Gasteiger partial charge in [0.2, 0.25) is 0 Å². The Hall–Kier alpha value is -0.770. The summed E-state index contributed by atoms with van der Waals surface area (Å²) >= 11 is 11.8. The van der Waals surface area contributed by atoms with Crippen molar-refractivity contribution in [3.63, 3.8) is 0 Å². The first kappa shape index (κ1) is 14.2. The average Bonchev–Trinajstić information content (AvgIpc) is 3.08. The Balaban J connectivity index is 1.55. The largest absolute Gasteiger partial charge is 0.352 e. The maximum atomic E-state index is 12.1. The number of piperidine rings is 1. The van der Waals surface area contributed by atoms with E-state index < -0.39 is 0 Å². The van der Waals surface area contributed by atoms with Crippen molar-refractivity contribution in [2.75, 3.05) is 19.6 Å². The van der Waals surface area contributed by atoms with Crippen molar-refractivity contribution in [1.82, 2.24) is 10.6 Å². The van der Waals surface area contributed by atoms with Crippen LogP contribution in [0.5, 0.6) is 0 Å². The van der Waals surface area contributed by atoms with E-state index in [0.29, 0.717) is 26.9 Å². The molecule has 2 fully saturated rings. The fourth-order valence-electron chi connectivity index (χ4n) is 3.26. The van der Waals surface area contributed by atoms with Crippen LogP contribution in [-0.4, -0.2) is 25.5 Å². The van der Waals surface area contributed by atoms with Crippen LogP contribution in [0.15, 0.2) is 18.2 Å². The Morgan fingerprint density at radius 1 is 1.25 bits per heavy atom. The number of amides is 1. The van der Waals surface area contributed by atoms with Crippen LogP contribution in [0.2, 0.25) is 10.0 Å². The minimum atomic E-state index is -0.0922. The van der Waals surface area contributed by atoms with Gasteiger partial charge in [0.05, 0.1) is 0 Å². The van der Waals surface area contributed by atoms with Crippen LogP contribution in [-0.2, 0) is 0 Å². The van der Waals surface area contributed by atoms with Crippen molar-refractivity contribution in [3.8, 4) is 0 Å². The van der Waals surface area contributed by atoms with Crippen LogP contribution in [0, 0.1) is 11.3 Å². The molecule has 5 heteroatoms. The van der Waals surface area contributed by atoms with Gasteiger partial charge in [-0.15, -0.1) is 0 Å². The normalized spacial score (nSPS) is 23.6. The second-order valence-electron chi connectivity index (χ2n) is 5.88. The van der Waals surface area contributed by atoms with Crippen LogP contribution < -0.4 is 10.6 Å². The summed E-state index contributed by atoms with van der Waals surface area (Å²) in [5, 5.41) is 7.38. The standard InChI is InChI=1S/C15H18Cl2N2O/c16-12-5-10(6-13(17)7-12)14(20)19-9-11-8-15(11)1-3-18-4-2-15/h5-7,11,18H,1-4,8-9H2,(H,19,20). The molecule has 0 radical (unpaired) electrons. The van der Waals surface area contributed by atoms with Gasteiger partial charge in [-0.1, -0.05) is 23.2 Å². The summed E-state index contributed by atoms with van der Waals surface area (Å²) in [6.45, 7) is 2.96. The van der Waals surface area contributed by atoms with E-state index in [1.54, 1.807) is 18.2 Å². The molecule has 1 atom stereocenters. The molecule has 0 aromatic heterocycles.